The molecule has 0 aromatic heterocycles. The quantitative estimate of drug-likeness (QED) is 0.0596. The molecular weight excluding hydrogens is 785 g/mol. The Morgan fingerprint density at radius 2 is 1.40 bits per heavy atom. The van der Waals surface area contributed by atoms with Crippen LogP contribution in [-0.4, -0.2) is 61.0 Å². The number of rotatable bonds is 11. The molecule has 0 radical (unpaired) electrons. The Bertz CT molecular complexity index is 2440. The fourth-order valence-electron chi connectivity index (χ4n) is 11.4. The highest BCUT2D eigenvalue weighted by Gasteiger charge is 2.59. The molecule has 9 rings (SSSR count). The van der Waals surface area contributed by atoms with Gasteiger partial charge in [0.25, 0.3) is 8.32 Å². The van der Waals surface area contributed by atoms with Crippen molar-refractivity contribution in [3.05, 3.63) is 150 Å². The SMILES string of the molecule is CC(C)(C)[Si](OCC1=C2[C@@H](CC/C(=C/c3ccc(O)c4ccccc34)c3ccccc3)OB(O)C[C@@H]2[C@@H]2C(=O)N(C3CCCCC3)C(=O)[C@@H]2C1)(c1ccccc1)c1ccccc1. The standard InChI is InChI=1S/C53H58BNO6Si/c1-53(2,3)62(41-22-12-6-13-23-41,42-24-14-7-15-25-42)60-35-39-33-45-50(52(58)55(51(45)57)40-20-10-5-11-21-40)46-34-54(59)61-48(49(39)46)31-29-37(36-18-8-4-9-19-36)32-38-28-30-47(56)44-27-17-16-26-43(38)44/h4,6-9,12-19,22-28,30,32,40,45-46,48,50,56,59H,5,10-11,20-21,29,31,33-35H2,1-3H3/b37-32-/t45-,46+,48-,50-/m1/s1. The number of hydrogen-bond donors (Lipinski definition) is 2. The second kappa shape index (κ2) is 17.6. The number of nitrogens with zero attached hydrogens (tertiary/aromatic N) is 1. The molecule has 3 fully saturated rings. The van der Waals surface area contributed by atoms with Crippen molar-refractivity contribution in [1.82, 2.24) is 4.90 Å². The first-order chi connectivity index (χ1) is 30.0. The van der Waals surface area contributed by atoms with Crippen LogP contribution < -0.4 is 10.4 Å². The molecule has 2 saturated heterocycles. The molecule has 2 aliphatic carbocycles. The molecular formula is C53H58BNO6Si. The lowest BCUT2D eigenvalue weighted by molar-refractivity contribution is -0.143. The normalized spacial score (nSPS) is 22.6. The van der Waals surface area contributed by atoms with Gasteiger partial charge in [0, 0.05) is 11.4 Å². The topological polar surface area (TPSA) is 96.3 Å². The number of likely N-dealkylation sites (tertiary alicyclic amines) is 1. The van der Waals surface area contributed by atoms with Gasteiger partial charge in [-0.2, -0.15) is 0 Å². The number of phenolic OH excluding ortho intramolecular Hbond substituents is 1. The Labute approximate surface area is 367 Å². The van der Waals surface area contributed by atoms with Gasteiger partial charge in [-0.1, -0.05) is 167 Å². The lowest BCUT2D eigenvalue weighted by Gasteiger charge is -2.46. The highest BCUT2D eigenvalue weighted by atomic mass is 28.4. The predicted molar refractivity (Wildman–Crippen MR) is 251 cm³/mol. The summed E-state index contributed by atoms with van der Waals surface area (Å²) in [5.74, 6) is -1.27. The van der Waals surface area contributed by atoms with E-state index < -0.39 is 33.4 Å². The maximum atomic E-state index is 14.7. The van der Waals surface area contributed by atoms with Crippen molar-refractivity contribution in [2.45, 2.75) is 95.6 Å². The summed E-state index contributed by atoms with van der Waals surface area (Å²) in [5.41, 5.74) is 5.23. The number of carbonyl (C=O) groups excluding carboxylic acids is 2. The summed E-state index contributed by atoms with van der Waals surface area (Å²) >= 11 is 0. The van der Waals surface area contributed by atoms with Crippen molar-refractivity contribution in [3.8, 4) is 5.75 Å². The van der Waals surface area contributed by atoms with E-state index in [4.69, 9.17) is 9.08 Å². The summed E-state index contributed by atoms with van der Waals surface area (Å²) in [6, 6.07) is 43.1. The van der Waals surface area contributed by atoms with Crippen LogP contribution in [0.1, 0.15) is 83.3 Å². The zero-order valence-corrected chi connectivity index (χ0v) is 37.2. The Kier molecular flexibility index (Phi) is 12.0. The van der Waals surface area contributed by atoms with Gasteiger partial charge in [0.1, 0.15) is 5.75 Å². The zero-order chi connectivity index (χ0) is 43.0. The van der Waals surface area contributed by atoms with Crippen LogP contribution in [0.2, 0.25) is 11.4 Å². The van der Waals surface area contributed by atoms with Gasteiger partial charge in [-0.15, -0.1) is 0 Å². The van der Waals surface area contributed by atoms with E-state index in [9.17, 15) is 19.7 Å². The summed E-state index contributed by atoms with van der Waals surface area (Å²) in [6.45, 7) is 7.12. The van der Waals surface area contributed by atoms with Crippen LogP contribution in [-0.2, 0) is 18.7 Å². The van der Waals surface area contributed by atoms with Crippen LogP contribution in [0.25, 0.3) is 22.4 Å². The van der Waals surface area contributed by atoms with Gasteiger partial charge >= 0.3 is 7.12 Å². The molecule has 0 spiro atoms. The molecule has 5 aromatic carbocycles. The van der Waals surface area contributed by atoms with E-state index in [-0.39, 0.29) is 40.9 Å². The van der Waals surface area contributed by atoms with E-state index in [1.807, 2.05) is 60.7 Å². The molecule has 4 aliphatic rings. The molecule has 7 nitrogen and oxygen atoms in total. The van der Waals surface area contributed by atoms with Gasteiger partial charge in [-0.25, -0.2) is 0 Å². The molecule has 2 heterocycles. The predicted octanol–water partition coefficient (Wildman–Crippen LogP) is 9.57. The molecule has 2 aliphatic heterocycles. The van der Waals surface area contributed by atoms with Crippen LogP contribution in [0.5, 0.6) is 5.75 Å². The minimum absolute atomic E-state index is 0.0538. The van der Waals surface area contributed by atoms with Gasteiger partial charge in [-0.05, 0) is 99.1 Å². The van der Waals surface area contributed by atoms with Gasteiger partial charge in [-0.3, -0.25) is 14.5 Å². The summed E-state index contributed by atoms with van der Waals surface area (Å²) in [5, 5.41) is 26.2. The van der Waals surface area contributed by atoms with E-state index in [1.165, 1.54) is 10.4 Å². The number of allylic oxidation sites excluding steroid dienone is 1. The summed E-state index contributed by atoms with van der Waals surface area (Å²) in [7, 11) is -4.07. The van der Waals surface area contributed by atoms with Crippen LogP contribution in [0.3, 0.4) is 0 Å². The van der Waals surface area contributed by atoms with Crippen LogP contribution in [0.4, 0.5) is 0 Å². The van der Waals surface area contributed by atoms with Gasteiger partial charge in [0.15, 0.2) is 0 Å². The summed E-state index contributed by atoms with van der Waals surface area (Å²) in [4.78, 5) is 31.0. The monoisotopic (exact) mass is 843 g/mol. The largest absolute Gasteiger partial charge is 0.507 e. The van der Waals surface area contributed by atoms with Crippen LogP contribution >= 0.6 is 0 Å². The van der Waals surface area contributed by atoms with E-state index in [0.717, 1.165) is 70.7 Å². The highest BCUT2D eigenvalue weighted by molar-refractivity contribution is 6.99. The first-order valence-corrected chi connectivity index (χ1v) is 24.6. The summed E-state index contributed by atoms with van der Waals surface area (Å²) < 4.78 is 14.2. The number of aromatic hydroxyl groups is 1. The Morgan fingerprint density at radius 3 is 2.05 bits per heavy atom. The number of carbonyl (C=O) groups is 2. The minimum Gasteiger partial charge on any atom is -0.507 e. The lowest BCUT2D eigenvalue weighted by Crippen LogP contribution is -2.66. The van der Waals surface area contributed by atoms with Gasteiger partial charge in [0.2, 0.25) is 11.8 Å². The average molecular weight is 844 g/mol. The lowest BCUT2D eigenvalue weighted by atomic mass is 9.58. The third-order valence-corrected chi connectivity index (χ3v) is 19.2. The number of imide groups is 1. The van der Waals surface area contributed by atoms with Crippen molar-refractivity contribution >= 4 is 60.0 Å². The van der Waals surface area contributed by atoms with Crippen molar-refractivity contribution < 1.29 is 28.8 Å². The van der Waals surface area contributed by atoms with Crippen LogP contribution in [0.15, 0.2) is 139 Å². The number of hydrogen-bond acceptors (Lipinski definition) is 6. The Morgan fingerprint density at radius 1 is 0.790 bits per heavy atom. The van der Waals surface area contributed by atoms with E-state index in [1.54, 1.807) is 11.0 Å². The van der Waals surface area contributed by atoms with Gasteiger partial charge in [0.05, 0.1) is 24.5 Å². The van der Waals surface area contributed by atoms with Crippen molar-refractivity contribution in [3.63, 3.8) is 0 Å². The molecule has 0 unspecified atom stereocenters. The third kappa shape index (κ3) is 7.82. The van der Waals surface area contributed by atoms with Crippen molar-refractivity contribution in [2.24, 2.45) is 17.8 Å². The minimum atomic E-state index is -2.99. The summed E-state index contributed by atoms with van der Waals surface area (Å²) in [6.07, 6.45) is 8.43. The maximum Gasteiger partial charge on any atom is 0.455 e. The van der Waals surface area contributed by atoms with Crippen LogP contribution in [0, 0.1) is 17.8 Å². The second-order valence-electron chi connectivity index (χ2n) is 18.9. The fourth-order valence-corrected chi connectivity index (χ4v) is 16.0. The average Bonchev–Trinajstić information content (AvgIpc) is 3.54. The smallest absolute Gasteiger partial charge is 0.455 e. The molecule has 1 saturated carbocycles. The number of benzene rings is 5. The Hall–Kier alpha value is -5.06. The molecule has 62 heavy (non-hydrogen) atoms. The maximum absolute atomic E-state index is 14.7. The third-order valence-electron chi connectivity index (χ3n) is 14.2. The van der Waals surface area contributed by atoms with Crippen molar-refractivity contribution in [1.29, 1.82) is 0 Å². The Balaban J connectivity index is 1.14. The number of fused-ring (bicyclic) bond motifs is 4. The van der Waals surface area contributed by atoms with Crippen molar-refractivity contribution in [2.75, 3.05) is 6.61 Å². The molecule has 2 N–H and O–H groups in total. The molecule has 0 bridgehead atoms. The number of amides is 2. The van der Waals surface area contributed by atoms with E-state index in [2.05, 4.69) is 87.5 Å². The molecule has 5 aromatic rings. The number of phenols is 1. The van der Waals surface area contributed by atoms with E-state index in [0.29, 0.717) is 25.9 Å². The molecule has 2 amide bonds. The molecule has 318 valence electrons. The fraction of sp³-hybridized carbons (Fsp3) is 0.358. The second-order valence-corrected chi connectivity index (χ2v) is 23.2. The highest BCUT2D eigenvalue weighted by Crippen LogP contribution is 2.52. The first kappa shape index (κ1) is 42.3. The van der Waals surface area contributed by atoms with Gasteiger partial charge < -0.3 is 19.2 Å². The molecule has 9 heteroatoms. The first-order valence-electron chi connectivity index (χ1n) is 22.7. The zero-order valence-electron chi connectivity index (χ0n) is 36.2. The van der Waals surface area contributed by atoms with E-state index >= 15 is 0 Å². The molecule has 4 atom stereocenters.